The van der Waals surface area contributed by atoms with Gasteiger partial charge in [0.2, 0.25) is 17.7 Å². The lowest BCUT2D eigenvalue weighted by molar-refractivity contribution is -0.143. The van der Waals surface area contributed by atoms with Crippen molar-refractivity contribution in [2.45, 2.75) is 64.1 Å². The molecule has 23 heavy (non-hydrogen) atoms. The first-order valence-corrected chi connectivity index (χ1v) is 8.53. The summed E-state index contributed by atoms with van der Waals surface area (Å²) in [6.07, 6.45) is 4.87. The van der Waals surface area contributed by atoms with E-state index in [0.29, 0.717) is 6.04 Å². The topological polar surface area (TPSA) is 95.7 Å². The number of nitrogens with zero attached hydrogens (tertiary/aromatic N) is 2. The Morgan fingerprint density at radius 1 is 1.13 bits per heavy atom. The fourth-order valence-corrected chi connectivity index (χ4v) is 2.54. The maximum absolute atomic E-state index is 12.6. The van der Waals surface area contributed by atoms with Crippen molar-refractivity contribution in [2.75, 3.05) is 19.6 Å². The van der Waals surface area contributed by atoms with Crippen molar-refractivity contribution in [3.05, 3.63) is 0 Å². The number of nitrogens with two attached hydrogens (primary N) is 1. The van der Waals surface area contributed by atoms with Crippen LogP contribution in [0.15, 0.2) is 0 Å². The van der Waals surface area contributed by atoms with Crippen LogP contribution in [-0.4, -0.2) is 65.3 Å². The Hall–Kier alpha value is -1.63. The van der Waals surface area contributed by atoms with Crippen molar-refractivity contribution in [1.82, 2.24) is 15.1 Å². The maximum Gasteiger partial charge on any atom is 0.242 e. The minimum Gasteiger partial charge on any atom is -0.368 e. The molecule has 2 saturated carbocycles. The fourth-order valence-electron chi connectivity index (χ4n) is 2.54. The second-order valence-corrected chi connectivity index (χ2v) is 6.65. The molecule has 0 spiro atoms. The van der Waals surface area contributed by atoms with Crippen molar-refractivity contribution >= 4 is 17.7 Å². The number of hydrogen-bond donors (Lipinski definition) is 2. The summed E-state index contributed by atoms with van der Waals surface area (Å²) < 4.78 is 0. The van der Waals surface area contributed by atoms with E-state index in [1.54, 1.807) is 4.90 Å². The van der Waals surface area contributed by atoms with Crippen LogP contribution in [0, 0.1) is 0 Å². The molecule has 2 fully saturated rings. The van der Waals surface area contributed by atoms with Crippen molar-refractivity contribution in [1.29, 1.82) is 0 Å². The molecule has 2 rings (SSSR count). The van der Waals surface area contributed by atoms with Crippen LogP contribution in [0.5, 0.6) is 0 Å². The summed E-state index contributed by atoms with van der Waals surface area (Å²) in [4.78, 5) is 39.3. The molecule has 0 bridgehead atoms. The smallest absolute Gasteiger partial charge is 0.242 e. The van der Waals surface area contributed by atoms with E-state index >= 15 is 0 Å². The Kier molecular flexibility index (Phi) is 5.98. The molecule has 3 amide bonds. The molecule has 2 aliphatic rings. The maximum atomic E-state index is 12.6. The van der Waals surface area contributed by atoms with E-state index in [4.69, 9.17) is 5.73 Å². The first-order chi connectivity index (χ1) is 10.9. The van der Waals surface area contributed by atoms with E-state index in [9.17, 15) is 14.4 Å². The molecule has 3 N–H and O–H groups in total. The summed E-state index contributed by atoms with van der Waals surface area (Å²) in [7, 11) is 0. The molecular weight excluding hydrogens is 296 g/mol. The van der Waals surface area contributed by atoms with Crippen LogP contribution in [-0.2, 0) is 14.4 Å². The van der Waals surface area contributed by atoms with Gasteiger partial charge in [0.15, 0.2) is 0 Å². The molecule has 2 aliphatic carbocycles. The summed E-state index contributed by atoms with van der Waals surface area (Å²) in [6, 6.07) is 0.553. The van der Waals surface area contributed by atoms with Crippen molar-refractivity contribution in [2.24, 2.45) is 5.73 Å². The molecule has 0 aromatic rings. The Balaban J connectivity index is 1.94. The van der Waals surface area contributed by atoms with E-state index < -0.39 is 5.91 Å². The summed E-state index contributed by atoms with van der Waals surface area (Å²) in [6.45, 7) is 4.07. The van der Waals surface area contributed by atoms with Crippen LogP contribution in [0.3, 0.4) is 0 Å². The zero-order valence-electron chi connectivity index (χ0n) is 14.1. The minimum absolute atomic E-state index is 0.0315. The van der Waals surface area contributed by atoms with Gasteiger partial charge in [-0.15, -0.1) is 0 Å². The second-order valence-electron chi connectivity index (χ2n) is 6.65. The van der Waals surface area contributed by atoms with Crippen LogP contribution in [0.2, 0.25) is 0 Å². The molecule has 0 unspecified atom stereocenters. The minimum atomic E-state index is -0.529. The number of carbonyl (C=O) groups is 3. The summed E-state index contributed by atoms with van der Waals surface area (Å²) in [5.41, 5.74) is 5.25. The lowest BCUT2D eigenvalue weighted by Crippen LogP contribution is -2.50. The lowest BCUT2D eigenvalue weighted by Gasteiger charge is -2.30. The van der Waals surface area contributed by atoms with E-state index in [1.807, 2.05) is 13.8 Å². The van der Waals surface area contributed by atoms with Gasteiger partial charge >= 0.3 is 0 Å². The number of hydrogen-bond acceptors (Lipinski definition) is 4. The van der Waals surface area contributed by atoms with Gasteiger partial charge < -0.3 is 20.9 Å². The van der Waals surface area contributed by atoms with Crippen LogP contribution in [0.4, 0.5) is 0 Å². The average molecular weight is 324 g/mol. The molecule has 0 aliphatic heterocycles. The Morgan fingerprint density at radius 3 is 2.26 bits per heavy atom. The zero-order valence-corrected chi connectivity index (χ0v) is 14.1. The monoisotopic (exact) mass is 324 g/mol. The highest BCUT2D eigenvalue weighted by Gasteiger charge is 2.35. The highest BCUT2D eigenvalue weighted by Crippen LogP contribution is 2.27. The normalized spacial score (nSPS) is 18.3. The third-order valence-corrected chi connectivity index (χ3v) is 4.50. The fraction of sp³-hybridized carbons (Fsp3) is 0.812. The molecule has 0 saturated heterocycles. The van der Waals surface area contributed by atoms with Gasteiger partial charge in [0.25, 0.3) is 0 Å². The Bertz CT molecular complexity index is 460. The zero-order chi connectivity index (χ0) is 17.0. The van der Waals surface area contributed by atoms with Crippen molar-refractivity contribution in [3.63, 3.8) is 0 Å². The quantitative estimate of drug-likeness (QED) is 0.584. The highest BCUT2D eigenvalue weighted by molar-refractivity contribution is 5.89. The van der Waals surface area contributed by atoms with Crippen LogP contribution in [0.25, 0.3) is 0 Å². The van der Waals surface area contributed by atoms with Crippen LogP contribution in [0.1, 0.15) is 46.0 Å². The largest absolute Gasteiger partial charge is 0.368 e. The van der Waals surface area contributed by atoms with Gasteiger partial charge in [0.1, 0.15) is 6.54 Å². The number of amides is 3. The molecule has 0 heterocycles. The predicted molar refractivity (Wildman–Crippen MR) is 86.4 cm³/mol. The molecule has 0 aromatic heterocycles. The Labute approximate surface area is 137 Å². The molecule has 1 atom stereocenters. The summed E-state index contributed by atoms with van der Waals surface area (Å²) in [5.74, 6) is -0.765. The number of nitrogens with one attached hydrogen (secondary N) is 1. The van der Waals surface area contributed by atoms with Gasteiger partial charge in [-0.2, -0.15) is 0 Å². The molecular formula is C16H28N4O3. The SMILES string of the molecule is CC[C@@H](C)N(CC(N)=O)C(=O)CN(C(=O)CNC1CC1)C1CC1. The van der Waals surface area contributed by atoms with Gasteiger partial charge in [0, 0.05) is 18.1 Å². The highest BCUT2D eigenvalue weighted by atomic mass is 16.2. The summed E-state index contributed by atoms with van der Waals surface area (Å²) in [5, 5.41) is 3.20. The predicted octanol–water partition coefficient (Wildman–Crippen LogP) is -0.158. The number of rotatable bonds is 10. The number of carbonyl (C=O) groups excluding carboxylic acids is 3. The standard InChI is InChI=1S/C16H28N4O3/c1-3-11(2)19(9-14(17)21)16(23)10-20(13-6-7-13)15(22)8-18-12-4-5-12/h11-13,18H,3-10H2,1-2H3,(H2,17,21)/t11-/m1/s1. The third kappa shape index (κ3) is 5.49. The van der Waals surface area contributed by atoms with Gasteiger partial charge in [-0.1, -0.05) is 6.92 Å². The van der Waals surface area contributed by atoms with E-state index in [-0.39, 0.29) is 43.5 Å². The van der Waals surface area contributed by atoms with Crippen molar-refractivity contribution in [3.8, 4) is 0 Å². The van der Waals surface area contributed by atoms with E-state index in [1.165, 1.54) is 4.90 Å². The first kappa shape index (κ1) is 17.7. The molecule has 7 nitrogen and oxygen atoms in total. The molecule has 7 heteroatoms. The average Bonchev–Trinajstić information content (AvgIpc) is 3.38. The summed E-state index contributed by atoms with van der Waals surface area (Å²) >= 11 is 0. The number of primary amides is 1. The third-order valence-electron chi connectivity index (χ3n) is 4.50. The van der Waals surface area contributed by atoms with Gasteiger partial charge in [-0.3, -0.25) is 14.4 Å². The first-order valence-electron chi connectivity index (χ1n) is 8.53. The van der Waals surface area contributed by atoms with Gasteiger partial charge in [-0.25, -0.2) is 0 Å². The van der Waals surface area contributed by atoms with Gasteiger partial charge in [0.05, 0.1) is 13.1 Å². The Morgan fingerprint density at radius 2 is 1.78 bits per heavy atom. The second kappa shape index (κ2) is 7.77. The lowest BCUT2D eigenvalue weighted by atomic mass is 10.2. The van der Waals surface area contributed by atoms with Gasteiger partial charge in [-0.05, 0) is 39.0 Å². The molecule has 0 aromatic carbocycles. The van der Waals surface area contributed by atoms with E-state index in [0.717, 1.165) is 32.1 Å². The van der Waals surface area contributed by atoms with Crippen LogP contribution >= 0.6 is 0 Å². The molecule has 0 radical (unpaired) electrons. The van der Waals surface area contributed by atoms with E-state index in [2.05, 4.69) is 5.32 Å². The molecule has 130 valence electrons. The van der Waals surface area contributed by atoms with Crippen LogP contribution < -0.4 is 11.1 Å². The van der Waals surface area contributed by atoms with Crippen molar-refractivity contribution < 1.29 is 14.4 Å².